The number of hydrogen-bond donors (Lipinski definition) is 1. The monoisotopic (exact) mass is 349 g/mol. The van der Waals surface area contributed by atoms with E-state index in [0.29, 0.717) is 16.8 Å². The van der Waals surface area contributed by atoms with Gasteiger partial charge in [-0.1, -0.05) is 24.3 Å². The second kappa shape index (κ2) is 5.73. The van der Waals surface area contributed by atoms with Crippen molar-refractivity contribution in [2.24, 2.45) is 7.05 Å². The largest absolute Gasteiger partial charge is 0.476 e. The van der Waals surface area contributed by atoms with Crippen molar-refractivity contribution in [2.75, 3.05) is 0 Å². The second-order valence-electron chi connectivity index (χ2n) is 6.07. The number of benzene rings is 1. The Morgan fingerprint density at radius 3 is 2.42 bits per heavy atom. The Kier molecular flexibility index (Phi) is 3.50. The number of nitrogens with zero attached hydrogens (tertiary/aromatic N) is 3. The Labute approximate surface area is 147 Å². The second-order valence-corrected chi connectivity index (χ2v) is 6.07. The molecule has 0 saturated carbocycles. The predicted molar refractivity (Wildman–Crippen MR) is 95.3 cm³/mol. The summed E-state index contributed by atoms with van der Waals surface area (Å²) in [6.07, 6.45) is 5.08. The molecule has 4 rings (SSSR count). The molecular formula is C19H15N3O4. The summed E-state index contributed by atoms with van der Waals surface area (Å²) in [5.74, 6) is -1.06. The number of rotatable bonds is 3. The van der Waals surface area contributed by atoms with Gasteiger partial charge in [0.1, 0.15) is 6.26 Å². The van der Waals surface area contributed by atoms with Crippen LogP contribution >= 0.6 is 0 Å². The minimum atomic E-state index is -1.06. The zero-order valence-electron chi connectivity index (χ0n) is 14.1. The summed E-state index contributed by atoms with van der Waals surface area (Å²) >= 11 is 0. The van der Waals surface area contributed by atoms with Crippen molar-refractivity contribution in [3.63, 3.8) is 0 Å². The van der Waals surface area contributed by atoms with Crippen LogP contribution in [0.2, 0.25) is 0 Å². The minimum Gasteiger partial charge on any atom is -0.476 e. The van der Waals surface area contributed by atoms with E-state index in [4.69, 9.17) is 4.52 Å². The van der Waals surface area contributed by atoms with Crippen molar-refractivity contribution in [2.45, 2.75) is 6.92 Å². The van der Waals surface area contributed by atoms with Gasteiger partial charge in [0.2, 0.25) is 0 Å². The number of carboxylic acid groups (broad SMARTS) is 1. The first kappa shape index (κ1) is 15.9. The van der Waals surface area contributed by atoms with Crippen LogP contribution in [0, 0.1) is 6.92 Å². The maximum atomic E-state index is 12.0. The van der Waals surface area contributed by atoms with E-state index in [1.165, 1.54) is 11.0 Å². The molecule has 0 atom stereocenters. The van der Waals surface area contributed by atoms with E-state index in [9.17, 15) is 14.7 Å². The molecule has 0 unspecified atom stereocenters. The molecule has 1 N–H and O–H groups in total. The number of hydrogen-bond acceptors (Lipinski definition) is 4. The third-order valence-corrected chi connectivity index (χ3v) is 4.28. The Balaban J connectivity index is 1.78. The summed E-state index contributed by atoms with van der Waals surface area (Å²) in [6, 6.07) is 9.24. The summed E-state index contributed by atoms with van der Waals surface area (Å²) in [7, 11) is 1.56. The van der Waals surface area contributed by atoms with Crippen molar-refractivity contribution in [1.82, 2.24) is 14.1 Å². The zero-order chi connectivity index (χ0) is 18.4. The third kappa shape index (κ3) is 2.50. The van der Waals surface area contributed by atoms with Crippen LogP contribution < -0.4 is 5.56 Å². The molecule has 26 heavy (non-hydrogen) atoms. The first-order valence-electron chi connectivity index (χ1n) is 7.92. The fourth-order valence-electron chi connectivity index (χ4n) is 2.99. The van der Waals surface area contributed by atoms with E-state index in [-0.39, 0.29) is 11.3 Å². The Morgan fingerprint density at radius 2 is 1.81 bits per heavy atom. The summed E-state index contributed by atoms with van der Waals surface area (Å²) in [5.41, 5.74) is 4.02. The minimum absolute atomic E-state index is 0.0229. The van der Waals surface area contributed by atoms with Gasteiger partial charge in [-0.2, -0.15) is 4.74 Å². The molecule has 4 aromatic rings. The molecule has 130 valence electrons. The predicted octanol–water partition coefficient (Wildman–Crippen LogP) is 2.97. The van der Waals surface area contributed by atoms with Crippen molar-refractivity contribution in [3.05, 3.63) is 70.7 Å². The van der Waals surface area contributed by atoms with Crippen LogP contribution in [0.5, 0.6) is 0 Å². The van der Waals surface area contributed by atoms with Gasteiger partial charge in [-0.25, -0.2) is 9.78 Å². The Bertz CT molecular complexity index is 1200. The van der Waals surface area contributed by atoms with Crippen LogP contribution in [0.1, 0.15) is 16.2 Å². The van der Waals surface area contributed by atoms with Gasteiger partial charge in [-0.3, -0.25) is 4.79 Å². The lowest BCUT2D eigenvalue weighted by molar-refractivity contribution is 0.0692. The summed E-state index contributed by atoms with van der Waals surface area (Å²) in [6.45, 7) is 1.76. The van der Waals surface area contributed by atoms with E-state index in [1.54, 1.807) is 30.6 Å². The van der Waals surface area contributed by atoms with E-state index in [1.807, 2.05) is 30.5 Å². The molecule has 7 nitrogen and oxygen atoms in total. The summed E-state index contributed by atoms with van der Waals surface area (Å²) in [5, 5.41) is 9.36. The van der Waals surface area contributed by atoms with E-state index in [2.05, 4.69) is 4.98 Å². The van der Waals surface area contributed by atoms with Crippen LogP contribution in [0.15, 0.2) is 58.3 Å². The Morgan fingerprint density at radius 1 is 1.12 bits per heavy atom. The third-order valence-electron chi connectivity index (χ3n) is 4.28. The van der Waals surface area contributed by atoms with E-state index < -0.39 is 5.97 Å². The van der Waals surface area contributed by atoms with Gasteiger partial charge >= 0.3 is 5.97 Å². The molecule has 0 amide bonds. The molecule has 3 heterocycles. The number of aryl methyl sites for hydroxylation is 2. The fraction of sp³-hybridized carbons (Fsp3) is 0.105. The first-order valence-corrected chi connectivity index (χ1v) is 7.92. The number of carbonyl (C=O) groups is 1. The lowest BCUT2D eigenvalue weighted by Crippen LogP contribution is -2.11. The molecule has 0 spiro atoms. The number of aromatic carboxylic acids is 1. The van der Waals surface area contributed by atoms with Gasteiger partial charge in [0, 0.05) is 25.0 Å². The van der Waals surface area contributed by atoms with Gasteiger partial charge in [0.15, 0.2) is 5.69 Å². The number of fused-ring (bicyclic) bond motifs is 1. The maximum Gasteiger partial charge on any atom is 0.356 e. The molecule has 0 radical (unpaired) electrons. The van der Waals surface area contributed by atoms with Gasteiger partial charge in [0.25, 0.3) is 5.56 Å². The highest BCUT2D eigenvalue weighted by atomic mass is 16.5. The average Bonchev–Trinajstić information content (AvgIpc) is 3.18. The van der Waals surface area contributed by atoms with Crippen molar-refractivity contribution >= 4 is 11.5 Å². The van der Waals surface area contributed by atoms with Crippen LogP contribution in [0.3, 0.4) is 0 Å². The molecular weight excluding hydrogens is 334 g/mol. The highest BCUT2D eigenvalue weighted by Crippen LogP contribution is 2.26. The summed E-state index contributed by atoms with van der Waals surface area (Å²) < 4.78 is 8.03. The maximum absolute atomic E-state index is 12.0. The topological polar surface area (TPSA) is 89.7 Å². The quantitative estimate of drug-likeness (QED) is 0.614. The Hall–Kier alpha value is -3.61. The first-order chi connectivity index (χ1) is 12.4. The fourth-order valence-corrected chi connectivity index (χ4v) is 2.99. The van der Waals surface area contributed by atoms with Crippen molar-refractivity contribution in [1.29, 1.82) is 0 Å². The van der Waals surface area contributed by atoms with Gasteiger partial charge < -0.3 is 14.0 Å². The van der Waals surface area contributed by atoms with Gasteiger partial charge in [0.05, 0.1) is 16.8 Å². The van der Waals surface area contributed by atoms with Gasteiger partial charge in [-0.05, 0) is 24.1 Å². The standard InChI is InChI=1S/C19H15N3O4/c1-11-8-22-9-14(7-16(22)17(20-11)19(24)25)12-3-5-13(6-4-12)15-10-26-21(2)18(15)23/h3-10H,1-2H3,(H,24,25). The van der Waals surface area contributed by atoms with Crippen molar-refractivity contribution < 1.29 is 14.4 Å². The lowest BCUT2D eigenvalue weighted by Gasteiger charge is -2.00. The molecule has 0 aliphatic carbocycles. The molecule has 0 bridgehead atoms. The van der Waals surface area contributed by atoms with E-state index >= 15 is 0 Å². The summed E-state index contributed by atoms with van der Waals surface area (Å²) in [4.78, 5) is 27.5. The van der Waals surface area contributed by atoms with Gasteiger partial charge in [-0.15, -0.1) is 0 Å². The smallest absolute Gasteiger partial charge is 0.356 e. The number of aromatic nitrogens is 3. The molecule has 0 fully saturated rings. The van der Waals surface area contributed by atoms with Crippen molar-refractivity contribution in [3.8, 4) is 22.3 Å². The molecule has 0 aliphatic rings. The van der Waals surface area contributed by atoms with Crippen LogP contribution in [0.4, 0.5) is 0 Å². The number of carboxylic acids is 1. The SMILES string of the molecule is Cc1cn2cc(-c3ccc(-c4con(C)c4=O)cc3)cc2c(C(=O)O)n1. The molecule has 1 aromatic carbocycles. The lowest BCUT2D eigenvalue weighted by atomic mass is 10.0. The normalized spacial score (nSPS) is 11.2. The zero-order valence-corrected chi connectivity index (χ0v) is 14.1. The van der Waals surface area contributed by atoms with E-state index in [0.717, 1.165) is 16.7 Å². The van der Waals surface area contributed by atoms with Crippen LogP contribution in [-0.2, 0) is 7.05 Å². The van der Waals surface area contributed by atoms with Crippen LogP contribution in [-0.4, -0.2) is 25.2 Å². The highest BCUT2D eigenvalue weighted by molar-refractivity contribution is 5.94. The molecule has 0 aliphatic heterocycles. The van der Waals surface area contributed by atoms with Crippen LogP contribution in [0.25, 0.3) is 27.8 Å². The molecule has 3 aromatic heterocycles. The average molecular weight is 349 g/mol. The molecule has 7 heteroatoms. The molecule has 0 saturated heterocycles. The highest BCUT2D eigenvalue weighted by Gasteiger charge is 2.14.